The molecule has 1 fully saturated rings. The molecule has 0 bridgehead atoms. The number of anilines is 1. The number of ether oxygens (including phenoxy) is 1. The minimum Gasteiger partial charge on any atom is -0.449 e. The average Bonchev–Trinajstić information content (AvgIpc) is 3.19. The van der Waals surface area contributed by atoms with Crippen molar-refractivity contribution in [3.63, 3.8) is 0 Å². The summed E-state index contributed by atoms with van der Waals surface area (Å²) in [5.74, 6) is -0.313. The van der Waals surface area contributed by atoms with Crippen LogP contribution in [0, 0.1) is 5.82 Å². The number of amides is 1. The van der Waals surface area contributed by atoms with Crippen molar-refractivity contribution in [3.8, 4) is 5.75 Å². The van der Waals surface area contributed by atoms with Gasteiger partial charge in [-0.25, -0.2) is 9.18 Å². The zero-order chi connectivity index (χ0) is 16.2. The fourth-order valence-corrected chi connectivity index (χ4v) is 3.43. The van der Waals surface area contributed by atoms with Crippen LogP contribution in [0.25, 0.3) is 0 Å². The smallest absolute Gasteiger partial charge is 0.449 e. The number of hydrogen-bond donors (Lipinski definition) is 2. The van der Waals surface area contributed by atoms with E-state index in [1.807, 2.05) is 0 Å². The number of fused-ring (bicyclic) bond motifs is 2. The average molecular weight is 313 g/mol. The molecule has 116 valence electrons. The van der Waals surface area contributed by atoms with Gasteiger partial charge in [0.1, 0.15) is 11.6 Å². The van der Waals surface area contributed by atoms with Gasteiger partial charge in [-0.1, -0.05) is 12.1 Å². The summed E-state index contributed by atoms with van der Waals surface area (Å²) < 4.78 is 17.8. The molecular weight excluding hydrogens is 301 g/mol. The van der Waals surface area contributed by atoms with E-state index in [0.29, 0.717) is 12.1 Å². The number of halogens is 1. The van der Waals surface area contributed by atoms with E-state index < -0.39 is 11.6 Å². The Morgan fingerprint density at radius 1 is 1.26 bits per heavy atom. The molecule has 2 aromatic carbocycles. The standard InChI is InChI=1S/C17H12FNO4/c18-10-3-1-9(2-4-10)13-8-17(13)12-7-11(23-16(21)22)5-6-14(12)19-15(17)20/h1-7,13H,8H2,(H,19,20)(H,21,22)/t13-,17-/m1/s1. The van der Waals surface area contributed by atoms with E-state index in [4.69, 9.17) is 5.11 Å². The lowest BCUT2D eigenvalue weighted by Gasteiger charge is -2.10. The van der Waals surface area contributed by atoms with Crippen LogP contribution in [-0.4, -0.2) is 17.2 Å². The van der Waals surface area contributed by atoms with Gasteiger partial charge in [0.05, 0.1) is 5.41 Å². The van der Waals surface area contributed by atoms with Crippen molar-refractivity contribution in [1.82, 2.24) is 0 Å². The van der Waals surface area contributed by atoms with Crippen LogP contribution in [0.1, 0.15) is 23.5 Å². The Bertz CT molecular complexity index is 833. The Morgan fingerprint density at radius 2 is 2.00 bits per heavy atom. The van der Waals surface area contributed by atoms with Crippen molar-refractivity contribution in [2.75, 3.05) is 5.32 Å². The van der Waals surface area contributed by atoms with E-state index in [9.17, 15) is 14.0 Å². The van der Waals surface area contributed by atoms with Crippen LogP contribution in [0.3, 0.4) is 0 Å². The van der Waals surface area contributed by atoms with Crippen LogP contribution in [0.4, 0.5) is 14.9 Å². The first-order valence-corrected chi connectivity index (χ1v) is 7.13. The maximum atomic E-state index is 13.1. The second-order valence-electron chi connectivity index (χ2n) is 5.81. The third kappa shape index (κ3) is 1.98. The largest absolute Gasteiger partial charge is 0.511 e. The number of rotatable bonds is 2. The van der Waals surface area contributed by atoms with Gasteiger partial charge in [-0.05, 0) is 47.9 Å². The first kappa shape index (κ1) is 13.8. The molecule has 6 heteroatoms. The van der Waals surface area contributed by atoms with Crippen LogP contribution in [-0.2, 0) is 10.2 Å². The highest BCUT2D eigenvalue weighted by molar-refractivity contribution is 6.10. The number of benzene rings is 2. The van der Waals surface area contributed by atoms with Crippen LogP contribution >= 0.6 is 0 Å². The third-order valence-corrected chi connectivity index (χ3v) is 4.56. The van der Waals surface area contributed by atoms with Crippen LogP contribution in [0.15, 0.2) is 42.5 Å². The van der Waals surface area contributed by atoms with E-state index in [1.54, 1.807) is 24.3 Å². The molecule has 2 N–H and O–H groups in total. The molecular formula is C17H12FNO4. The van der Waals surface area contributed by atoms with Crippen molar-refractivity contribution in [2.45, 2.75) is 17.8 Å². The zero-order valence-corrected chi connectivity index (χ0v) is 11.9. The lowest BCUT2D eigenvalue weighted by Crippen LogP contribution is -2.21. The first-order chi connectivity index (χ1) is 11.0. The molecule has 1 saturated carbocycles. The molecule has 2 atom stereocenters. The third-order valence-electron chi connectivity index (χ3n) is 4.56. The highest BCUT2D eigenvalue weighted by Gasteiger charge is 2.65. The number of nitrogens with one attached hydrogen (secondary N) is 1. The van der Waals surface area contributed by atoms with Gasteiger partial charge >= 0.3 is 6.16 Å². The number of carboxylic acid groups (broad SMARTS) is 1. The predicted molar refractivity (Wildman–Crippen MR) is 79.2 cm³/mol. The fraction of sp³-hybridized carbons (Fsp3) is 0.176. The second kappa shape index (κ2) is 4.55. The van der Waals surface area contributed by atoms with Gasteiger partial charge in [0.15, 0.2) is 0 Å². The minimum atomic E-state index is -1.40. The first-order valence-electron chi connectivity index (χ1n) is 7.13. The minimum absolute atomic E-state index is 0.0515. The SMILES string of the molecule is O=C(O)Oc1ccc2c(c1)[C@@]1(C[C@@H]1c1ccc(F)cc1)C(=O)N2. The maximum absolute atomic E-state index is 13.1. The molecule has 1 aliphatic heterocycles. The summed E-state index contributed by atoms with van der Waals surface area (Å²) in [6.45, 7) is 0. The Labute approximate surface area is 130 Å². The van der Waals surface area contributed by atoms with Crippen LogP contribution < -0.4 is 10.1 Å². The van der Waals surface area contributed by atoms with E-state index in [2.05, 4.69) is 10.1 Å². The number of hydrogen-bond acceptors (Lipinski definition) is 3. The molecule has 1 amide bonds. The zero-order valence-electron chi connectivity index (χ0n) is 11.9. The van der Waals surface area contributed by atoms with Gasteiger partial charge in [0, 0.05) is 11.6 Å². The van der Waals surface area contributed by atoms with Gasteiger partial charge < -0.3 is 15.2 Å². The van der Waals surface area contributed by atoms with Crippen LogP contribution in [0.5, 0.6) is 5.75 Å². The highest BCUT2D eigenvalue weighted by Crippen LogP contribution is 2.65. The summed E-state index contributed by atoms with van der Waals surface area (Å²) in [7, 11) is 0. The summed E-state index contributed by atoms with van der Waals surface area (Å²) in [5.41, 5.74) is 1.57. The predicted octanol–water partition coefficient (Wildman–Crippen LogP) is 3.26. The van der Waals surface area contributed by atoms with Crippen LogP contribution in [0.2, 0.25) is 0 Å². The van der Waals surface area contributed by atoms with E-state index in [0.717, 1.165) is 11.1 Å². The normalized spacial score (nSPS) is 24.2. The summed E-state index contributed by atoms with van der Waals surface area (Å²) >= 11 is 0. The second-order valence-corrected chi connectivity index (χ2v) is 5.81. The van der Waals surface area contributed by atoms with Crippen molar-refractivity contribution in [2.24, 2.45) is 0 Å². The lowest BCUT2D eigenvalue weighted by molar-refractivity contribution is -0.118. The molecule has 2 aromatic rings. The molecule has 23 heavy (non-hydrogen) atoms. The van der Waals surface area contributed by atoms with E-state index in [-0.39, 0.29) is 23.4 Å². The van der Waals surface area contributed by atoms with E-state index >= 15 is 0 Å². The summed E-state index contributed by atoms with van der Waals surface area (Å²) in [4.78, 5) is 23.1. The number of carbonyl (C=O) groups is 2. The molecule has 1 aliphatic carbocycles. The maximum Gasteiger partial charge on any atom is 0.511 e. The topological polar surface area (TPSA) is 75.6 Å². The van der Waals surface area contributed by atoms with Gasteiger partial charge in [-0.3, -0.25) is 4.79 Å². The molecule has 1 heterocycles. The van der Waals surface area contributed by atoms with Crippen molar-refractivity contribution in [1.29, 1.82) is 0 Å². The molecule has 1 spiro atoms. The molecule has 4 rings (SSSR count). The van der Waals surface area contributed by atoms with Gasteiger partial charge in [0.2, 0.25) is 5.91 Å². The van der Waals surface area contributed by atoms with Gasteiger partial charge in [0.25, 0.3) is 0 Å². The number of carbonyl (C=O) groups excluding carboxylic acids is 1. The van der Waals surface area contributed by atoms with Crippen molar-refractivity contribution < 1.29 is 23.8 Å². The fourth-order valence-electron chi connectivity index (χ4n) is 3.43. The summed E-state index contributed by atoms with van der Waals surface area (Å²) in [5, 5.41) is 11.6. The molecule has 0 unspecified atom stereocenters. The summed E-state index contributed by atoms with van der Waals surface area (Å²) in [6.07, 6.45) is -0.796. The Morgan fingerprint density at radius 3 is 2.70 bits per heavy atom. The molecule has 5 nitrogen and oxygen atoms in total. The Kier molecular flexibility index (Phi) is 2.72. The van der Waals surface area contributed by atoms with Crippen molar-refractivity contribution >= 4 is 17.7 Å². The van der Waals surface area contributed by atoms with Gasteiger partial charge in [-0.15, -0.1) is 0 Å². The van der Waals surface area contributed by atoms with E-state index in [1.165, 1.54) is 18.2 Å². The Hall–Kier alpha value is -2.89. The van der Waals surface area contributed by atoms with Crippen molar-refractivity contribution in [3.05, 3.63) is 59.4 Å². The highest BCUT2D eigenvalue weighted by atomic mass is 19.1. The Balaban J connectivity index is 1.73. The quantitative estimate of drug-likeness (QED) is 0.659. The molecule has 0 radical (unpaired) electrons. The summed E-state index contributed by atoms with van der Waals surface area (Å²) in [6, 6.07) is 10.8. The molecule has 0 saturated heterocycles. The van der Waals surface area contributed by atoms with Gasteiger partial charge in [-0.2, -0.15) is 0 Å². The lowest BCUT2D eigenvalue weighted by atomic mass is 9.92. The molecule has 0 aromatic heterocycles. The monoisotopic (exact) mass is 313 g/mol. The molecule has 2 aliphatic rings.